The Bertz CT molecular complexity index is 2030. The fourth-order valence-electron chi connectivity index (χ4n) is 13.3. The predicted molar refractivity (Wildman–Crippen MR) is 432 cm³/mol. The van der Waals surface area contributed by atoms with Gasteiger partial charge in [0.2, 0.25) is 0 Å². The summed E-state index contributed by atoms with van der Waals surface area (Å²) in [6.45, 7) is 12.0. The number of phosphoric ester groups is 2. The van der Waals surface area contributed by atoms with E-state index in [1.54, 1.807) is 0 Å². The molecule has 0 bridgehead atoms. The Labute approximate surface area is 645 Å². The van der Waals surface area contributed by atoms with Gasteiger partial charge < -0.3 is 33.8 Å². The van der Waals surface area contributed by atoms with Crippen LogP contribution in [0.4, 0.5) is 0 Å². The summed E-state index contributed by atoms with van der Waals surface area (Å²) in [6, 6.07) is 0. The van der Waals surface area contributed by atoms with Crippen molar-refractivity contribution in [2.75, 3.05) is 39.6 Å². The highest BCUT2D eigenvalue weighted by Crippen LogP contribution is 2.45. The number of unbranched alkanes of at least 4 members (excludes halogenated alkanes) is 51. The maximum Gasteiger partial charge on any atom is 0.472 e. The summed E-state index contributed by atoms with van der Waals surface area (Å²) >= 11 is 0. The summed E-state index contributed by atoms with van der Waals surface area (Å²) in [5.41, 5.74) is 0. The Morgan fingerprint density at radius 3 is 0.724 bits per heavy atom. The van der Waals surface area contributed by atoms with Gasteiger partial charge in [-0.25, -0.2) is 9.13 Å². The molecule has 0 rings (SSSR count). The van der Waals surface area contributed by atoms with Crippen molar-refractivity contribution in [2.24, 2.45) is 17.8 Å². The fourth-order valence-corrected chi connectivity index (χ4v) is 14.9. The van der Waals surface area contributed by atoms with Crippen LogP contribution in [-0.4, -0.2) is 96.7 Å². The summed E-state index contributed by atoms with van der Waals surface area (Å²) < 4.78 is 68.9. The summed E-state index contributed by atoms with van der Waals surface area (Å²) in [5.74, 6) is 0.259. The molecule has 0 aliphatic heterocycles. The third-order valence-electron chi connectivity index (χ3n) is 20.5. The Balaban J connectivity index is 5.23. The van der Waals surface area contributed by atoms with E-state index in [1.807, 2.05) is 0 Å². The summed E-state index contributed by atoms with van der Waals surface area (Å²) in [6.07, 6.45) is 66.7. The molecule has 0 aromatic carbocycles. The van der Waals surface area contributed by atoms with Crippen LogP contribution < -0.4 is 0 Å². The number of ether oxygens (including phenoxy) is 4. The molecule has 0 saturated heterocycles. The largest absolute Gasteiger partial charge is 0.472 e. The number of hydrogen-bond donors (Lipinski definition) is 3. The van der Waals surface area contributed by atoms with Crippen molar-refractivity contribution in [3.8, 4) is 0 Å². The van der Waals surface area contributed by atoms with Crippen LogP contribution in [0.1, 0.15) is 453 Å². The first kappa shape index (κ1) is 103. The molecule has 0 aliphatic rings. The highest BCUT2D eigenvalue weighted by atomic mass is 31.2. The average molecular weight is 1540 g/mol. The molecule has 0 heterocycles. The molecule has 0 amide bonds. The Morgan fingerprint density at radius 2 is 0.486 bits per heavy atom. The number of carbonyl (C=O) groups excluding carboxylic acids is 4. The van der Waals surface area contributed by atoms with E-state index in [-0.39, 0.29) is 25.7 Å². The average Bonchev–Trinajstić information content (AvgIpc) is 1.13. The topological polar surface area (TPSA) is 237 Å². The normalized spacial score (nSPS) is 14.1. The van der Waals surface area contributed by atoms with Crippen molar-refractivity contribution in [1.29, 1.82) is 0 Å². The van der Waals surface area contributed by atoms with E-state index in [2.05, 4.69) is 48.5 Å². The lowest BCUT2D eigenvalue weighted by molar-refractivity contribution is -0.161. The summed E-state index contributed by atoms with van der Waals surface area (Å²) in [7, 11) is -9.93. The van der Waals surface area contributed by atoms with Crippen LogP contribution in [0.3, 0.4) is 0 Å². The van der Waals surface area contributed by atoms with E-state index >= 15 is 0 Å². The minimum absolute atomic E-state index is 0.107. The molecular formula is C86H168O17P2. The molecule has 0 aromatic rings. The standard InChI is InChI=1S/C86H168O17P2/c1-8-10-11-12-13-14-15-16-23-31-36-41-46-55-62-70-86(91)103-82(74-97-84(89)68-61-54-49-48-52-59-66-79(7)9-2)76-101-105(94,95)99-72-80(87)71-98-104(92,93)100-75-81(73-96-83(88)67-60-53-45-40-35-30-26-22-21-25-29-34-39-44-51-58-65-78(5)6)102-85(90)69-63-56-47-42-37-32-27-20-18-17-19-24-28-33-38-43-50-57-64-77(3)4/h77-82,87H,8-76H2,1-7H3,(H,92,93)(H,94,95)/t79?,80-,81-,82-/m1/s1. The third-order valence-corrected chi connectivity index (χ3v) is 22.4. The Hall–Kier alpha value is -1.94. The van der Waals surface area contributed by atoms with Crippen LogP contribution in [0.2, 0.25) is 0 Å². The molecule has 0 fully saturated rings. The summed E-state index contributed by atoms with van der Waals surface area (Å²) in [5, 5.41) is 10.7. The highest BCUT2D eigenvalue weighted by molar-refractivity contribution is 7.47. The van der Waals surface area contributed by atoms with Crippen LogP contribution in [-0.2, 0) is 65.4 Å². The summed E-state index contributed by atoms with van der Waals surface area (Å²) in [4.78, 5) is 73.2. The van der Waals surface area contributed by atoms with Crippen molar-refractivity contribution in [1.82, 2.24) is 0 Å². The molecule has 0 radical (unpaired) electrons. The smallest absolute Gasteiger partial charge is 0.462 e. The minimum atomic E-state index is -4.97. The van der Waals surface area contributed by atoms with Crippen molar-refractivity contribution in [3.63, 3.8) is 0 Å². The van der Waals surface area contributed by atoms with E-state index in [1.165, 1.54) is 257 Å². The van der Waals surface area contributed by atoms with E-state index in [0.717, 1.165) is 114 Å². The molecule has 3 unspecified atom stereocenters. The first-order valence-corrected chi connectivity index (χ1v) is 47.4. The lowest BCUT2D eigenvalue weighted by atomic mass is 10.00. The van der Waals surface area contributed by atoms with Crippen LogP contribution in [0.15, 0.2) is 0 Å². The van der Waals surface area contributed by atoms with Crippen molar-refractivity contribution < 1.29 is 80.2 Å². The molecule has 0 aliphatic carbocycles. The van der Waals surface area contributed by atoms with Gasteiger partial charge in [-0.1, -0.05) is 402 Å². The second kappa shape index (κ2) is 76.1. The lowest BCUT2D eigenvalue weighted by Crippen LogP contribution is -2.30. The predicted octanol–water partition coefficient (Wildman–Crippen LogP) is 26.1. The number of aliphatic hydroxyl groups excluding tert-OH is 1. The van der Waals surface area contributed by atoms with Gasteiger partial charge in [0.25, 0.3) is 0 Å². The molecule has 0 saturated carbocycles. The van der Waals surface area contributed by atoms with Crippen LogP contribution in [0, 0.1) is 17.8 Å². The van der Waals surface area contributed by atoms with Crippen molar-refractivity contribution >= 4 is 39.5 Å². The maximum absolute atomic E-state index is 13.1. The van der Waals surface area contributed by atoms with Gasteiger partial charge in [0.05, 0.1) is 26.4 Å². The zero-order valence-electron chi connectivity index (χ0n) is 69.2. The Morgan fingerprint density at radius 1 is 0.276 bits per heavy atom. The fraction of sp³-hybridized carbons (Fsp3) is 0.953. The second-order valence-corrected chi connectivity index (χ2v) is 35.0. The molecule has 105 heavy (non-hydrogen) atoms. The van der Waals surface area contributed by atoms with Crippen LogP contribution >= 0.6 is 15.6 Å². The van der Waals surface area contributed by atoms with E-state index in [9.17, 15) is 43.2 Å². The Kier molecular flexibility index (Phi) is 74.7. The van der Waals surface area contributed by atoms with Gasteiger partial charge in [-0.3, -0.25) is 37.3 Å². The molecule has 19 heteroatoms. The zero-order valence-corrected chi connectivity index (χ0v) is 71.0. The second-order valence-electron chi connectivity index (χ2n) is 32.1. The number of carbonyl (C=O) groups is 4. The van der Waals surface area contributed by atoms with Gasteiger partial charge in [0, 0.05) is 25.7 Å². The maximum atomic E-state index is 13.1. The number of esters is 4. The molecule has 3 N–H and O–H groups in total. The van der Waals surface area contributed by atoms with Gasteiger partial charge in [-0.05, 0) is 43.4 Å². The molecule has 6 atom stereocenters. The van der Waals surface area contributed by atoms with Crippen LogP contribution in [0.5, 0.6) is 0 Å². The first-order valence-electron chi connectivity index (χ1n) is 44.4. The zero-order chi connectivity index (χ0) is 77.2. The highest BCUT2D eigenvalue weighted by Gasteiger charge is 2.30. The lowest BCUT2D eigenvalue weighted by Gasteiger charge is -2.21. The minimum Gasteiger partial charge on any atom is -0.462 e. The van der Waals surface area contributed by atoms with Gasteiger partial charge in [0.15, 0.2) is 12.2 Å². The third kappa shape index (κ3) is 78.5. The molecule has 17 nitrogen and oxygen atoms in total. The molecule has 0 spiro atoms. The monoisotopic (exact) mass is 1540 g/mol. The number of rotatable bonds is 84. The van der Waals surface area contributed by atoms with Crippen molar-refractivity contribution in [3.05, 3.63) is 0 Å². The van der Waals surface area contributed by atoms with Gasteiger partial charge in [0.1, 0.15) is 19.3 Å². The quantitative estimate of drug-likeness (QED) is 0.0222. The van der Waals surface area contributed by atoms with Gasteiger partial charge in [-0.15, -0.1) is 0 Å². The van der Waals surface area contributed by atoms with E-state index in [4.69, 9.17) is 37.0 Å². The van der Waals surface area contributed by atoms with Crippen LogP contribution in [0.25, 0.3) is 0 Å². The van der Waals surface area contributed by atoms with Crippen molar-refractivity contribution in [2.45, 2.75) is 471 Å². The van der Waals surface area contributed by atoms with E-state index < -0.39 is 97.5 Å². The number of aliphatic hydroxyl groups is 1. The number of hydrogen-bond acceptors (Lipinski definition) is 15. The van der Waals surface area contributed by atoms with Gasteiger partial charge in [-0.2, -0.15) is 0 Å². The van der Waals surface area contributed by atoms with E-state index in [0.29, 0.717) is 25.7 Å². The molecular weight excluding hydrogens is 1370 g/mol. The SMILES string of the molecule is CCCCCCCCCCCCCCCCCC(=O)O[C@H](COC(=O)CCCCCCCCC(C)CC)COP(=O)(O)OC[C@H](O)COP(=O)(O)OC[C@@H](COC(=O)CCCCCCCCCCCCCCCCCCC(C)C)OC(=O)CCCCCCCCCCCCCCCCCCCCC(C)C. The molecule has 624 valence electrons. The number of phosphoric acid groups is 2. The first-order chi connectivity index (χ1) is 50.8. The van der Waals surface area contributed by atoms with Gasteiger partial charge >= 0.3 is 39.5 Å². The molecule has 0 aromatic heterocycles.